The topological polar surface area (TPSA) is 99.6 Å². The van der Waals surface area contributed by atoms with Crippen LogP contribution in [0.2, 0.25) is 0 Å². The summed E-state index contributed by atoms with van der Waals surface area (Å²) in [5, 5.41) is 15.9. The second kappa shape index (κ2) is 10.4. The van der Waals surface area contributed by atoms with E-state index in [0.717, 1.165) is 43.2 Å². The molecule has 0 saturated carbocycles. The zero-order valence-electron chi connectivity index (χ0n) is 18.9. The second-order valence-electron chi connectivity index (χ2n) is 8.29. The van der Waals surface area contributed by atoms with Gasteiger partial charge in [-0.05, 0) is 48.4 Å². The van der Waals surface area contributed by atoms with Gasteiger partial charge in [0, 0.05) is 41.9 Å². The number of carbonyl (C=O) groups excluding carboxylic acids is 1. The number of hydrogen-bond acceptors (Lipinski definition) is 7. The van der Waals surface area contributed by atoms with Gasteiger partial charge in [-0.15, -0.1) is 0 Å². The van der Waals surface area contributed by atoms with E-state index in [9.17, 15) is 9.90 Å². The number of nitrogens with one attached hydrogen (secondary N) is 2. The van der Waals surface area contributed by atoms with Gasteiger partial charge in [-0.2, -0.15) is 0 Å². The monoisotopic (exact) mass is 447 g/mol. The number of morpholine rings is 1. The molecule has 1 amide bonds. The molecular formula is C25H29N5O3. The van der Waals surface area contributed by atoms with E-state index < -0.39 is 12.0 Å². The van der Waals surface area contributed by atoms with Gasteiger partial charge >= 0.3 is 0 Å². The average Bonchev–Trinajstić information content (AvgIpc) is 2.85. The van der Waals surface area contributed by atoms with Gasteiger partial charge in [0.05, 0.1) is 18.9 Å². The number of rotatable bonds is 7. The summed E-state index contributed by atoms with van der Waals surface area (Å²) in [6.45, 7) is 6.91. The molecule has 33 heavy (non-hydrogen) atoms. The molecule has 0 spiro atoms. The Morgan fingerprint density at radius 1 is 1.00 bits per heavy atom. The highest BCUT2D eigenvalue weighted by Crippen LogP contribution is 2.23. The Hall–Kier alpha value is -3.49. The van der Waals surface area contributed by atoms with E-state index in [2.05, 4.69) is 37.6 Å². The van der Waals surface area contributed by atoms with Crippen LogP contribution in [-0.4, -0.2) is 53.4 Å². The molecule has 2 heterocycles. The summed E-state index contributed by atoms with van der Waals surface area (Å²) in [5.41, 5.74) is 4.36. The van der Waals surface area contributed by atoms with Crippen molar-refractivity contribution in [3.05, 3.63) is 60.8 Å². The molecule has 2 aromatic carbocycles. The van der Waals surface area contributed by atoms with Gasteiger partial charge in [0.25, 0.3) is 5.91 Å². The molecule has 0 aliphatic carbocycles. The van der Waals surface area contributed by atoms with Crippen LogP contribution in [0.4, 0.5) is 23.0 Å². The Labute approximate surface area is 193 Å². The molecule has 0 radical (unpaired) electrons. The van der Waals surface area contributed by atoms with Gasteiger partial charge in [0.15, 0.2) is 0 Å². The number of benzene rings is 2. The second-order valence-corrected chi connectivity index (χ2v) is 8.29. The predicted molar refractivity (Wildman–Crippen MR) is 130 cm³/mol. The maximum Gasteiger partial charge on any atom is 0.253 e. The van der Waals surface area contributed by atoms with Gasteiger partial charge in [0.2, 0.25) is 5.95 Å². The minimum atomic E-state index is -1.04. The summed E-state index contributed by atoms with van der Waals surface area (Å²) in [4.78, 5) is 23.3. The van der Waals surface area contributed by atoms with Crippen molar-refractivity contribution in [1.82, 2.24) is 9.97 Å². The van der Waals surface area contributed by atoms with Gasteiger partial charge in [-0.3, -0.25) is 4.79 Å². The number of aliphatic hydroxyl groups is 1. The lowest BCUT2D eigenvalue weighted by molar-refractivity contribution is -0.125. The van der Waals surface area contributed by atoms with Gasteiger partial charge < -0.3 is 25.4 Å². The molecule has 8 heteroatoms. The van der Waals surface area contributed by atoms with E-state index in [0.29, 0.717) is 11.6 Å². The smallest absolute Gasteiger partial charge is 0.253 e. The van der Waals surface area contributed by atoms with Crippen LogP contribution in [0.15, 0.2) is 60.8 Å². The Balaban J connectivity index is 1.41. The van der Waals surface area contributed by atoms with Gasteiger partial charge in [-0.25, -0.2) is 9.97 Å². The van der Waals surface area contributed by atoms with E-state index in [-0.39, 0.29) is 5.92 Å². The number of amides is 1. The van der Waals surface area contributed by atoms with E-state index >= 15 is 0 Å². The van der Waals surface area contributed by atoms with Crippen LogP contribution >= 0.6 is 0 Å². The molecule has 8 nitrogen and oxygen atoms in total. The molecule has 3 aromatic rings. The molecule has 0 bridgehead atoms. The Morgan fingerprint density at radius 2 is 1.67 bits per heavy atom. The number of hydrogen-bond donors (Lipinski definition) is 3. The zero-order chi connectivity index (χ0) is 23.2. The van der Waals surface area contributed by atoms with Crippen LogP contribution in [0.3, 0.4) is 0 Å². The first-order valence-electron chi connectivity index (χ1n) is 11.1. The standard InChI is InChI=1S/C25H29N5O3/c1-17(2)23(31)24(32)27-19-5-3-18(4-6-19)22-11-12-26-25(29-22)28-20-7-9-21(10-8-20)30-13-15-33-16-14-30/h3-12,17,23,31H,13-16H2,1-2H3,(H,27,32)(H,26,28,29). The van der Waals surface area contributed by atoms with E-state index in [4.69, 9.17) is 4.74 Å². The summed E-state index contributed by atoms with van der Waals surface area (Å²) in [6.07, 6.45) is 0.671. The third-order valence-electron chi connectivity index (χ3n) is 5.50. The summed E-state index contributed by atoms with van der Waals surface area (Å²) in [7, 11) is 0. The lowest BCUT2D eigenvalue weighted by Crippen LogP contribution is -2.36. The van der Waals surface area contributed by atoms with Crippen molar-refractivity contribution >= 4 is 28.9 Å². The van der Waals surface area contributed by atoms with Crippen LogP contribution in [0, 0.1) is 5.92 Å². The van der Waals surface area contributed by atoms with Crippen molar-refractivity contribution in [3.8, 4) is 11.3 Å². The van der Waals surface area contributed by atoms with E-state index in [1.54, 1.807) is 32.2 Å². The normalized spacial score (nSPS) is 14.7. The average molecular weight is 448 g/mol. The maximum absolute atomic E-state index is 12.0. The third kappa shape index (κ3) is 5.85. The van der Waals surface area contributed by atoms with E-state index in [1.165, 1.54) is 5.69 Å². The largest absolute Gasteiger partial charge is 0.383 e. The number of aliphatic hydroxyl groups excluding tert-OH is 1. The molecule has 172 valence electrons. The Kier molecular flexibility index (Phi) is 7.16. The molecule has 3 N–H and O–H groups in total. The number of nitrogens with zero attached hydrogens (tertiary/aromatic N) is 3. The first-order valence-corrected chi connectivity index (χ1v) is 11.1. The van der Waals surface area contributed by atoms with Gasteiger partial charge in [0.1, 0.15) is 6.10 Å². The number of anilines is 4. The van der Waals surface area contributed by atoms with Crippen LogP contribution in [-0.2, 0) is 9.53 Å². The van der Waals surface area contributed by atoms with Crippen molar-refractivity contribution < 1.29 is 14.6 Å². The molecule has 1 saturated heterocycles. The first-order chi connectivity index (χ1) is 16.0. The van der Waals surface area contributed by atoms with Crippen molar-refractivity contribution in [2.45, 2.75) is 20.0 Å². The van der Waals surface area contributed by atoms with Crippen molar-refractivity contribution in [2.75, 3.05) is 41.8 Å². The molecule has 1 aliphatic rings. The lowest BCUT2D eigenvalue weighted by Gasteiger charge is -2.28. The fourth-order valence-electron chi connectivity index (χ4n) is 3.53. The fourth-order valence-corrected chi connectivity index (χ4v) is 3.53. The fraction of sp³-hybridized carbons (Fsp3) is 0.320. The first kappa shape index (κ1) is 22.7. The molecule has 1 unspecified atom stereocenters. The zero-order valence-corrected chi connectivity index (χ0v) is 18.9. The molecular weight excluding hydrogens is 418 g/mol. The highest BCUT2D eigenvalue weighted by molar-refractivity contribution is 5.94. The minimum Gasteiger partial charge on any atom is -0.383 e. The van der Waals surface area contributed by atoms with Crippen LogP contribution in [0.1, 0.15) is 13.8 Å². The Morgan fingerprint density at radius 3 is 2.33 bits per heavy atom. The number of ether oxygens (including phenoxy) is 1. The molecule has 4 rings (SSSR count). The van der Waals surface area contributed by atoms with Crippen LogP contribution < -0.4 is 15.5 Å². The quantitative estimate of drug-likeness (QED) is 0.508. The van der Waals surface area contributed by atoms with Crippen LogP contribution in [0.5, 0.6) is 0 Å². The van der Waals surface area contributed by atoms with Crippen molar-refractivity contribution in [1.29, 1.82) is 0 Å². The molecule has 1 fully saturated rings. The molecule has 1 aliphatic heterocycles. The Bertz CT molecular complexity index is 1060. The highest BCUT2D eigenvalue weighted by Gasteiger charge is 2.18. The summed E-state index contributed by atoms with van der Waals surface area (Å²) < 4.78 is 5.41. The number of aromatic nitrogens is 2. The van der Waals surface area contributed by atoms with Crippen LogP contribution in [0.25, 0.3) is 11.3 Å². The summed E-state index contributed by atoms with van der Waals surface area (Å²) >= 11 is 0. The highest BCUT2D eigenvalue weighted by atomic mass is 16.5. The minimum absolute atomic E-state index is 0.146. The molecule has 1 atom stereocenters. The third-order valence-corrected chi connectivity index (χ3v) is 5.50. The number of carbonyl (C=O) groups is 1. The van der Waals surface area contributed by atoms with Crippen molar-refractivity contribution in [3.63, 3.8) is 0 Å². The van der Waals surface area contributed by atoms with Crippen molar-refractivity contribution in [2.24, 2.45) is 5.92 Å². The maximum atomic E-state index is 12.0. The lowest BCUT2D eigenvalue weighted by atomic mass is 10.1. The SMILES string of the molecule is CC(C)C(O)C(=O)Nc1ccc(-c2ccnc(Nc3ccc(N4CCOCC4)cc3)n2)cc1. The predicted octanol–water partition coefficient (Wildman–Crippen LogP) is 3.68. The summed E-state index contributed by atoms with van der Waals surface area (Å²) in [5.74, 6) is -0.0539. The summed E-state index contributed by atoms with van der Waals surface area (Å²) in [6, 6.07) is 17.4. The van der Waals surface area contributed by atoms with Gasteiger partial charge in [-0.1, -0.05) is 26.0 Å². The molecule has 1 aromatic heterocycles. The van der Waals surface area contributed by atoms with E-state index in [1.807, 2.05) is 30.3 Å².